The number of carbonyl (C=O) groups excluding carboxylic acids is 1. The highest BCUT2D eigenvalue weighted by Crippen LogP contribution is 2.31. The lowest BCUT2D eigenvalue weighted by Crippen LogP contribution is -2.37. The van der Waals surface area contributed by atoms with Crippen molar-refractivity contribution in [3.8, 4) is 11.5 Å². The number of para-hydroxylation sites is 1. The van der Waals surface area contributed by atoms with Gasteiger partial charge in [-0.25, -0.2) is 0 Å². The Hall–Kier alpha value is -1.71. The number of amides is 1. The Labute approximate surface area is 107 Å². The van der Waals surface area contributed by atoms with Crippen LogP contribution in [0.4, 0.5) is 0 Å². The summed E-state index contributed by atoms with van der Waals surface area (Å²) in [7, 11) is 1.48. The highest BCUT2D eigenvalue weighted by Gasteiger charge is 2.24. The number of aromatic hydroxyl groups is 1. The minimum absolute atomic E-state index is 0.0661. The summed E-state index contributed by atoms with van der Waals surface area (Å²) in [6, 6.07) is 5.00. The molecule has 4 heteroatoms. The molecule has 98 valence electrons. The van der Waals surface area contributed by atoms with Crippen molar-refractivity contribution < 1.29 is 14.6 Å². The third kappa shape index (κ3) is 2.42. The van der Waals surface area contributed by atoms with E-state index >= 15 is 0 Å². The van der Waals surface area contributed by atoms with Gasteiger partial charge in [0.05, 0.1) is 12.7 Å². The highest BCUT2D eigenvalue weighted by atomic mass is 16.5. The van der Waals surface area contributed by atoms with Crippen LogP contribution in [0.1, 0.15) is 30.1 Å². The Morgan fingerprint density at radius 2 is 2.06 bits per heavy atom. The summed E-state index contributed by atoms with van der Waals surface area (Å²) in [6.45, 7) is 3.72. The van der Waals surface area contributed by atoms with Gasteiger partial charge in [-0.3, -0.25) is 4.79 Å². The normalized spacial score (nSPS) is 16.7. The second kappa shape index (κ2) is 5.29. The highest BCUT2D eigenvalue weighted by molar-refractivity contribution is 5.97. The Morgan fingerprint density at radius 1 is 1.39 bits per heavy atom. The van der Waals surface area contributed by atoms with E-state index in [9.17, 15) is 9.90 Å². The Morgan fingerprint density at radius 3 is 2.67 bits per heavy atom. The van der Waals surface area contributed by atoms with Crippen LogP contribution in [0.5, 0.6) is 11.5 Å². The average molecular weight is 249 g/mol. The topological polar surface area (TPSA) is 49.8 Å². The molecular formula is C14H19NO3. The molecule has 0 bridgehead atoms. The fourth-order valence-electron chi connectivity index (χ4n) is 2.24. The number of ether oxygens (including phenoxy) is 1. The lowest BCUT2D eigenvalue weighted by molar-refractivity contribution is 0.0693. The maximum Gasteiger partial charge on any atom is 0.257 e. The van der Waals surface area contributed by atoms with Crippen LogP contribution in [0, 0.1) is 5.92 Å². The second-order valence-electron chi connectivity index (χ2n) is 4.83. The van der Waals surface area contributed by atoms with E-state index in [1.165, 1.54) is 7.11 Å². The summed E-state index contributed by atoms with van der Waals surface area (Å²) < 4.78 is 5.02. The maximum absolute atomic E-state index is 12.3. The first kappa shape index (κ1) is 12.7. The predicted octanol–water partition coefficient (Wildman–Crippen LogP) is 2.27. The first-order valence-corrected chi connectivity index (χ1v) is 6.28. The summed E-state index contributed by atoms with van der Waals surface area (Å²) in [5, 5.41) is 9.97. The standard InChI is InChI=1S/C14H19NO3/c1-10-6-8-15(9-7-10)14(17)11-4-3-5-12(18-2)13(11)16/h3-5,10,16H,6-9H2,1-2H3. The lowest BCUT2D eigenvalue weighted by Gasteiger charge is -2.30. The SMILES string of the molecule is COc1cccc(C(=O)N2CCC(C)CC2)c1O. The van der Waals surface area contributed by atoms with Gasteiger partial charge in [-0.05, 0) is 30.9 Å². The molecule has 1 aliphatic heterocycles. The molecule has 0 aromatic heterocycles. The molecular weight excluding hydrogens is 230 g/mol. The van der Waals surface area contributed by atoms with Crippen molar-refractivity contribution in [1.82, 2.24) is 4.90 Å². The smallest absolute Gasteiger partial charge is 0.257 e. The van der Waals surface area contributed by atoms with Crippen LogP contribution >= 0.6 is 0 Å². The largest absolute Gasteiger partial charge is 0.504 e. The van der Waals surface area contributed by atoms with Crippen molar-refractivity contribution >= 4 is 5.91 Å². The van der Waals surface area contributed by atoms with E-state index < -0.39 is 0 Å². The van der Waals surface area contributed by atoms with Crippen molar-refractivity contribution in [1.29, 1.82) is 0 Å². The van der Waals surface area contributed by atoms with Crippen molar-refractivity contribution in [3.05, 3.63) is 23.8 Å². The van der Waals surface area contributed by atoms with Gasteiger partial charge in [-0.2, -0.15) is 0 Å². The zero-order chi connectivity index (χ0) is 13.1. The number of piperidine rings is 1. The number of rotatable bonds is 2. The lowest BCUT2D eigenvalue weighted by atomic mass is 9.98. The number of nitrogens with zero attached hydrogens (tertiary/aromatic N) is 1. The van der Waals surface area contributed by atoms with E-state index in [4.69, 9.17) is 4.74 Å². The quantitative estimate of drug-likeness (QED) is 0.874. The minimum Gasteiger partial charge on any atom is -0.504 e. The molecule has 2 rings (SSSR count). The summed E-state index contributed by atoms with van der Waals surface area (Å²) in [5.41, 5.74) is 0.323. The maximum atomic E-state index is 12.3. The first-order chi connectivity index (χ1) is 8.63. The summed E-state index contributed by atoms with van der Waals surface area (Å²) in [5.74, 6) is 0.834. The predicted molar refractivity (Wildman–Crippen MR) is 69.0 cm³/mol. The zero-order valence-corrected chi connectivity index (χ0v) is 10.8. The van der Waals surface area contributed by atoms with E-state index in [0.29, 0.717) is 17.2 Å². The molecule has 1 saturated heterocycles. The molecule has 1 amide bonds. The van der Waals surface area contributed by atoms with Gasteiger partial charge in [0.2, 0.25) is 0 Å². The van der Waals surface area contributed by atoms with Crippen LogP contribution in [0.25, 0.3) is 0 Å². The van der Waals surface area contributed by atoms with Gasteiger partial charge in [0.15, 0.2) is 11.5 Å². The van der Waals surface area contributed by atoms with Crippen LogP contribution in [-0.4, -0.2) is 36.1 Å². The number of carbonyl (C=O) groups is 1. The van der Waals surface area contributed by atoms with Gasteiger partial charge in [0, 0.05) is 13.1 Å². The van der Waals surface area contributed by atoms with E-state index in [-0.39, 0.29) is 11.7 Å². The van der Waals surface area contributed by atoms with Crippen molar-refractivity contribution in [2.75, 3.05) is 20.2 Å². The molecule has 0 radical (unpaired) electrons. The summed E-state index contributed by atoms with van der Waals surface area (Å²) >= 11 is 0. The number of methoxy groups -OCH3 is 1. The third-order valence-corrected chi connectivity index (χ3v) is 3.52. The fourth-order valence-corrected chi connectivity index (χ4v) is 2.24. The van der Waals surface area contributed by atoms with Crippen molar-refractivity contribution in [2.24, 2.45) is 5.92 Å². The van der Waals surface area contributed by atoms with E-state index in [2.05, 4.69) is 6.92 Å². The number of phenolic OH excluding ortho intramolecular Hbond substituents is 1. The molecule has 1 N–H and O–H groups in total. The molecule has 0 aliphatic carbocycles. The van der Waals surface area contributed by atoms with E-state index in [1.54, 1.807) is 23.1 Å². The van der Waals surface area contributed by atoms with Crippen LogP contribution in [0.2, 0.25) is 0 Å². The molecule has 0 atom stereocenters. The minimum atomic E-state index is -0.113. The second-order valence-corrected chi connectivity index (χ2v) is 4.83. The summed E-state index contributed by atoms with van der Waals surface area (Å²) in [4.78, 5) is 14.1. The van der Waals surface area contributed by atoms with Crippen molar-refractivity contribution in [3.63, 3.8) is 0 Å². The Bertz CT molecular complexity index is 437. The molecule has 1 aromatic carbocycles. The monoisotopic (exact) mass is 249 g/mol. The van der Waals surface area contributed by atoms with Gasteiger partial charge in [-0.15, -0.1) is 0 Å². The number of likely N-dealkylation sites (tertiary alicyclic amines) is 1. The fraction of sp³-hybridized carbons (Fsp3) is 0.500. The van der Waals surface area contributed by atoms with E-state index in [0.717, 1.165) is 25.9 Å². The third-order valence-electron chi connectivity index (χ3n) is 3.52. The average Bonchev–Trinajstić information content (AvgIpc) is 2.39. The Balaban J connectivity index is 2.18. The Kier molecular flexibility index (Phi) is 3.75. The van der Waals surface area contributed by atoms with E-state index in [1.807, 2.05) is 0 Å². The molecule has 4 nitrogen and oxygen atoms in total. The number of hydrogen-bond acceptors (Lipinski definition) is 3. The molecule has 18 heavy (non-hydrogen) atoms. The number of benzene rings is 1. The van der Waals surface area contributed by atoms with Crippen molar-refractivity contribution in [2.45, 2.75) is 19.8 Å². The molecule has 1 aliphatic rings. The van der Waals surface area contributed by atoms with Crippen LogP contribution in [-0.2, 0) is 0 Å². The molecule has 0 spiro atoms. The van der Waals surface area contributed by atoms with Gasteiger partial charge in [0.25, 0.3) is 5.91 Å². The van der Waals surface area contributed by atoms with Crippen LogP contribution in [0.15, 0.2) is 18.2 Å². The van der Waals surface area contributed by atoms with Crippen LogP contribution < -0.4 is 4.74 Å². The molecule has 1 fully saturated rings. The molecule has 1 heterocycles. The van der Waals surface area contributed by atoms with Gasteiger partial charge < -0.3 is 14.7 Å². The zero-order valence-electron chi connectivity index (χ0n) is 10.8. The number of hydrogen-bond donors (Lipinski definition) is 1. The van der Waals surface area contributed by atoms with Gasteiger partial charge in [0.1, 0.15) is 0 Å². The number of phenols is 1. The van der Waals surface area contributed by atoms with Gasteiger partial charge in [-0.1, -0.05) is 13.0 Å². The van der Waals surface area contributed by atoms with Gasteiger partial charge >= 0.3 is 0 Å². The first-order valence-electron chi connectivity index (χ1n) is 6.28. The molecule has 0 unspecified atom stereocenters. The summed E-state index contributed by atoms with van der Waals surface area (Å²) in [6.07, 6.45) is 2.05. The molecule has 1 aromatic rings. The van der Waals surface area contributed by atoms with Crippen LogP contribution in [0.3, 0.4) is 0 Å². The molecule has 0 saturated carbocycles.